The monoisotopic (exact) mass is 348 g/mol. The van der Waals surface area contributed by atoms with Crippen molar-refractivity contribution in [3.05, 3.63) is 23.8 Å². The number of amides is 1. The van der Waals surface area contributed by atoms with E-state index in [1.807, 2.05) is 0 Å². The average molecular weight is 348 g/mol. The van der Waals surface area contributed by atoms with E-state index in [9.17, 15) is 22.8 Å². The number of carbonyl (C=O) groups is 2. The zero-order valence-corrected chi connectivity index (χ0v) is 13.3. The highest BCUT2D eigenvalue weighted by Gasteiger charge is 2.29. The number of hydrogen-bond acceptors (Lipinski definition) is 5. The van der Waals surface area contributed by atoms with Crippen LogP contribution < -0.4 is 15.8 Å². The van der Waals surface area contributed by atoms with Gasteiger partial charge in [-0.3, -0.25) is 4.79 Å². The lowest BCUT2D eigenvalue weighted by Crippen LogP contribution is -2.22. The summed E-state index contributed by atoms with van der Waals surface area (Å²) in [5.74, 6) is -1.43. The third-order valence-electron chi connectivity index (χ3n) is 2.89. The summed E-state index contributed by atoms with van der Waals surface area (Å²) in [6.45, 7) is 0.177. The second-order valence-electron chi connectivity index (χ2n) is 5.17. The van der Waals surface area contributed by atoms with Gasteiger partial charge in [0.05, 0.1) is 18.4 Å². The molecule has 1 aromatic carbocycles. The maximum atomic E-state index is 12.4. The lowest BCUT2D eigenvalue weighted by molar-refractivity contribution is -0.153. The topological polar surface area (TPSA) is 90.7 Å². The Morgan fingerprint density at radius 3 is 2.54 bits per heavy atom. The Kier molecular flexibility index (Phi) is 7.02. The fraction of sp³-hybridized carbons (Fsp3) is 0.467. The molecule has 24 heavy (non-hydrogen) atoms. The number of benzene rings is 1. The number of nitrogens with one attached hydrogen (secondary N) is 1. The fourth-order valence-corrected chi connectivity index (χ4v) is 1.72. The Morgan fingerprint density at radius 1 is 1.33 bits per heavy atom. The van der Waals surface area contributed by atoms with Crippen molar-refractivity contribution in [2.75, 3.05) is 19.0 Å². The predicted octanol–water partition coefficient (Wildman–Crippen LogP) is 2.48. The molecule has 6 nitrogen and oxygen atoms in total. The van der Waals surface area contributed by atoms with Crippen LogP contribution in [0.4, 0.5) is 18.9 Å². The van der Waals surface area contributed by atoms with Gasteiger partial charge in [0.2, 0.25) is 5.91 Å². The third kappa shape index (κ3) is 6.86. The summed E-state index contributed by atoms with van der Waals surface area (Å²) < 4.78 is 46.3. The Hall–Kier alpha value is -2.29. The minimum absolute atomic E-state index is 0.00301. The van der Waals surface area contributed by atoms with Crippen LogP contribution >= 0.6 is 0 Å². The van der Waals surface area contributed by atoms with Gasteiger partial charge in [-0.05, 0) is 31.5 Å². The number of alkyl halides is 3. The van der Waals surface area contributed by atoms with Gasteiger partial charge in [0.25, 0.3) is 0 Å². The number of methoxy groups -OCH3 is 1. The molecular weight excluding hydrogens is 329 g/mol. The largest absolute Gasteiger partial charge is 0.482 e. The van der Waals surface area contributed by atoms with Crippen LogP contribution in [0.5, 0.6) is 5.75 Å². The fourth-order valence-electron chi connectivity index (χ4n) is 1.72. The van der Waals surface area contributed by atoms with Gasteiger partial charge in [0.15, 0.2) is 6.61 Å². The van der Waals surface area contributed by atoms with Gasteiger partial charge in [-0.15, -0.1) is 0 Å². The number of anilines is 1. The van der Waals surface area contributed by atoms with Crippen molar-refractivity contribution in [1.82, 2.24) is 0 Å². The normalized spacial score (nSPS) is 12.4. The van der Waals surface area contributed by atoms with Crippen molar-refractivity contribution >= 4 is 17.6 Å². The van der Waals surface area contributed by atoms with Gasteiger partial charge < -0.3 is 20.5 Å². The van der Waals surface area contributed by atoms with Crippen molar-refractivity contribution in [3.8, 4) is 5.75 Å². The van der Waals surface area contributed by atoms with Crippen LogP contribution in [0.2, 0.25) is 0 Å². The number of hydrogen-bond donors (Lipinski definition) is 2. The van der Waals surface area contributed by atoms with E-state index in [0.29, 0.717) is 6.42 Å². The first kappa shape index (κ1) is 19.8. The van der Waals surface area contributed by atoms with Crippen molar-refractivity contribution in [2.45, 2.75) is 32.0 Å². The quantitative estimate of drug-likeness (QED) is 0.739. The average Bonchev–Trinajstić information content (AvgIpc) is 2.50. The number of carbonyl (C=O) groups excluding carboxylic acids is 2. The summed E-state index contributed by atoms with van der Waals surface area (Å²) in [5, 5.41) is 2.45. The van der Waals surface area contributed by atoms with Crippen molar-refractivity contribution in [2.24, 2.45) is 5.73 Å². The molecule has 0 heterocycles. The van der Waals surface area contributed by atoms with Crippen molar-refractivity contribution < 1.29 is 32.2 Å². The SMILES string of the molecule is COC(=O)c1ccc(NC(=O)CCC(C)N)c(OCC(F)(F)F)c1. The summed E-state index contributed by atoms with van der Waals surface area (Å²) in [6, 6.07) is 3.49. The first-order chi connectivity index (χ1) is 11.1. The number of ether oxygens (including phenoxy) is 2. The molecule has 1 amide bonds. The van der Waals surface area contributed by atoms with Gasteiger partial charge >= 0.3 is 12.1 Å². The van der Waals surface area contributed by atoms with E-state index in [-0.39, 0.29) is 29.5 Å². The number of nitrogens with two attached hydrogens (primary N) is 1. The van der Waals surface area contributed by atoms with Gasteiger partial charge in [-0.1, -0.05) is 0 Å². The smallest absolute Gasteiger partial charge is 0.422 e. The minimum Gasteiger partial charge on any atom is -0.482 e. The number of esters is 1. The molecule has 0 radical (unpaired) electrons. The number of halogens is 3. The number of rotatable bonds is 7. The summed E-state index contributed by atoms with van der Waals surface area (Å²) in [4.78, 5) is 23.3. The predicted molar refractivity (Wildman–Crippen MR) is 80.8 cm³/mol. The van der Waals surface area contributed by atoms with E-state index in [1.165, 1.54) is 12.1 Å². The van der Waals surface area contributed by atoms with Crippen molar-refractivity contribution in [1.29, 1.82) is 0 Å². The van der Waals surface area contributed by atoms with E-state index in [4.69, 9.17) is 10.5 Å². The Morgan fingerprint density at radius 2 is 2.00 bits per heavy atom. The molecule has 3 N–H and O–H groups in total. The van der Waals surface area contributed by atoms with Gasteiger partial charge in [-0.25, -0.2) is 4.79 Å². The lowest BCUT2D eigenvalue weighted by Gasteiger charge is -2.15. The standard InChI is InChI=1S/C15H19F3N2O4/c1-9(19)3-6-13(21)20-11-5-4-10(14(22)23-2)7-12(11)24-8-15(16,17)18/h4-5,7,9H,3,6,8,19H2,1-2H3,(H,20,21). The highest BCUT2D eigenvalue weighted by Crippen LogP contribution is 2.28. The maximum absolute atomic E-state index is 12.4. The molecule has 1 unspecified atom stereocenters. The highest BCUT2D eigenvalue weighted by atomic mass is 19.4. The van der Waals surface area contributed by atoms with Crippen LogP contribution in [0.15, 0.2) is 18.2 Å². The van der Waals surface area contributed by atoms with Crippen LogP contribution in [0.1, 0.15) is 30.1 Å². The van der Waals surface area contributed by atoms with Crippen molar-refractivity contribution in [3.63, 3.8) is 0 Å². The van der Waals surface area contributed by atoms with Crippen LogP contribution in [0.25, 0.3) is 0 Å². The van der Waals surface area contributed by atoms with E-state index < -0.39 is 24.7 Å². The molecule has 1 atom stereocenters. The van der Waals surface area contributed by atoms with Gasteiger partial charge in [0.1, 0.15) is 5.75 Å². The summed E-state index contributed by atoms with van der Waals surface area (Å²) >= 11 is 0. The van der Waals surface area contributed by atoms with E-state index in [0.717, 1.165) is 13.2 Å². The summed E-state index contributed by atoms with van der Waals surface area (Å²) in [5.41, 5.74) is 5.58. The molecule has 0 spiro atoms. The van der Waals surface area contributed by atoms with Gasteiger partial charge in [0, 0.05) is 12.5 Å². The molecule has 0 saturated carbocycles. The van der Waals surface area contributed by atoms with Crippen LogP contribution in [-0.2, 0) is 9.53 Å². The van der Waals surface area contributed by atoms with Crippen LogP contribution in [-0.4, -0.2) is 37.8 Å². The molecule has 134 valence electrons. The van der Waals surface area contributed by atoms with Crippen LogP contribution in [0, 0.1) is 0 Å². The zero-order valence-electron chi connectivity index (χ0n) is 13.3. The molecule has 0 aliphatic carbocycles. The van der Waals surface area contributed by atoms with E-state index in [2.05, 4.69) is 10.1 Å². The highest BCUT2D eigenvalue weighted by molar-refractivity contribution is 5.95. The molecule has 9 heteroatoms. The molecule has 0 aliphatic rings. The summed E-state index contributed by atoms with van der Waals surface area (Å²) in [7, 11) is 1.14. The molecular formula is C15H19F3N2O4. The molecule has 0 aromatic heterocycles. The molecule has 0 bridgehead atoms. The molecule has 1 aromatic rings. The maximum Gasteiger partial charge on any atom is 0.422 e. The summed E-state index contributed by atoms with van der Waals surface area (Å²) in [6.07, 6.45) is -4.03. The molecule has 1 rings (SSSR count). The second kappa shape index (κ2) is 8.53. The van der Waals surface area contributed by atoms with E-state index in [1.54, 1.807) is 6.92 Å². The Labute approximate surface area is 137 Å². The Bertz CT molecular complexity index is 589. The van der Waals surface area contributed by atoms with Crippen LogP contribution in [0.3, 0.4) is 0 Å². The Balaban J connectivity index is 2.95. The van der Waals surface area contributed by atoms with E-state index >= 15 is 0 Å². The zero-order chi connectivity index (χ0) is 18.3. The third-order valence-corrected chi connectivity index (χ3v) is 2.89. The molecule has 0 aliphatic heterocycles. The lowest BCUT2D eigenvalue weighted by atomic mass is 10.1. The first-order valence-corrected chi connectivity index (χ1v) is 7.09. The molecule has 0 fully saturated rings. The minimum atomic E-state index is -4.56. The molecule has 0 saturated heterocycles. The first-order valence-electron chi connectivity index (χ1n) is 7.09. The van der Waals surface area contributed by atoms with Gasteiger partial charge in [-0.2, -0.15) is 13.2 Å². The second-order valence-corrected chi connectivity index (χ2v) is 5.17.